The van der Waals surface area contributed by atoms with Gasteiger partial charge in [-0.3, -0.25) is 0 Å². The van der Waals surface area contributed by atoms with E-state index in [9.17, 15) is 0 Å². The minimum absolute atomic E-state index is 0.217. The number of thiocarbonyl (C=S) groups is 1. The van der Waals surface area contributed by atoms with Crippen molar-refractivity contribution >= 4 is 23.0 Å². The van der Waals surface area contributed by atoms with Crippen molar-refractivity contribution in [2.45, 2.75) is 32.2 Å². The van der Waals surface area contributed by atoms with Crippen LogP contribution >= 0.6 is 12.2 Å². The van der Waals surface area contributed by atoms with Gasteiger partial charge in [-0.1, -0.05) is 18.2 Å². The maximum absolute atomic E-state index is 5.65. The molecule has 0 spiro atoms. The van der Waals surface area contributed by atoms with Crippen molar-refractivity contribution in [1.82, 2.24) is 5.32 Å². The Morgan fingerprint density at radius 3 is 2.88 bits per heavy atom. The molecule has 0 unspecified atom stereocenters. The summed E-state index contributed by atoms with van der Waals surface area (Å²) in [5.41, 5.74) is 3.52. The van der Waals surface area contributed by atoms with Gasteiger partial charge >= 0.3 is 0 Å². The smallest absolute Gasteiger partial charge is 0.171 e. The fourth-order valence-corrected chi connectivity index (χ4v) is 3.49. The van der Waals surface area contributed by atoms with E-state index in [2.05, 4.69) is 22.8 Å². The van der Waals surface area contributed by atoms with Gasteiger partial charge in [-0.15, -0.1) is 0 Å². The molecule has 1 aliphatic carbocycles. The second-order valence-corrected chi connectivity index (χ2v) is 6.45. The van der Waals surface area contributed by atoms with Gasteiger partial charge in [-0.2, -0.15) is 0 Å². The highest BCUT2D eigenvalue weighted by atomic mass is 32.1. The Balaban J connectivity index is 1.70. The second kappa shape index (κ2) is 8.21. The van der Waals surface area contributed by atoms with Gasteiger partial charge in [-0.05, 0) is 73.8 Å². The zero-order valence-electron chi connectivity index (χ0n) is 14.7. The number of ether oxygens (including phenoxy) is 2. The number of nitrogens with one attached hydrogen (secondary N) is 2. The predicted molar refractivity (Wildman–Crippen MR) is 106 cm³/mol. The van der Waals surface area contributed by atoms with E-state index in [0.717, 1.165) is 36.4 Å². The second-order valence-electron chi connectivity index (χ2n) is 6.04. The van der Waals surface area contributed by atoms with Crippen molar-refractivity contribution < 1.29 is 9.47 Å². The summed E-state index contributed by atoms with van der Waals surface area (Å²) in [6.45, 7) is 2.59. The number of benzene rings is 2. The average molecular weight is 356 g/mol. The van der Waals surface area contributed by atoms with Crippen LogP contribution in [0.15, 0.2) is 42.5 Å². The van der Waals surface area contributed by atoms with Crippen molar-refractivity contribution in [3.05, 3.63) is 53.6 Å². The van der Waals surface area contributed by atoms with Gasteiger partial charge in [0.15, 0.2) is 5.11 Å². The molecule has 5 heteroatoms. The standard InChI is InChI=1S/C20H24N2O2S/c1-3-24-19-10-5-4-8-18(19)22-20(25)21-17-9-6-7-14-13-15(23-2)11-12-16(14)17/h4-5,8,10-13,17H,3,6-7,9H2,1-2H3,(H2,21,22,25)/t17-/m1/s1. The lowest BCUT2D eigenvalue weighted by Gasteiger charge is -2.28. The van der Waals surface area contributed by atoms with Crippen molar-refractivity contribution in [1.29, 1.82) is 0 Å². The van der Waals surface area contributed by atoms with Gasteiger partial charge in [-0.25, -0.2) is 0 Å². The summed E-state index contributed by atoms with van der Waals surface area (Å²) in [6, 6.07) is 14.3. The van der Waals surface area contributed by atoms with E-state index in [-0.39, 0.29) is 6.04 Å². The average Bonchev–Trinajstić information content (AvgIpc) is 2.63. The molecular weight excluding hydrogens is 332 g/mol. The van der Waals surface area contributed by atoms with Crippen molar-refractivity contribution in [3.8, 4) is 11.5 Å². The SMILES string of the molecule is CCOc1ccccc1NC(=S)N[C@@H]1CCCc2cc(OC)ccc21. The number of aryl methyl sites for hydroxylation is 1. The quantitative estimate of drug-likeness (QED) is 0.775. The Morgan fingerprint density at radius 1 is 1.24 bits per heavy atom. The third kappa shape index (κ3) is 4.23. The van der Waals surface area contributed by atoms with Crippen LogP contribution in [-0.2, 0) is 6.42 Å². The molecule has 0 saturated carbocycles. The Kier molecular flexibility index (Phi) is 5.76. The van der Waals surface area contributed by atoms with E-state index < -0.39 is 0 Å². The van der Waals surface area contributed by atoms with Crippen LogP contribution in [0.25, 0.3) is 0 Å². The maximum atomic E-state index is 5.65. The highest BCUT2D eigenvalue weighted by molar-refractivity contribution is 7.80. The van der Waals surface area contributed by atoms with E-state index in [4.69, 9.17) is 21.7 Å². The van der Waals surface area contributed by atoms with Crippen molar-refractivity contribution in [2.24, 2.45) is 0 Å². The molecular formula is C20H24N2O2S. The van der Waals surface area contributed by atoms with E-state index in [1.807, 2.05) is 37.3 Å². The summed E-state index contributed by atoms with van der Waals surface area (Å²) >= 11 is 5.54. The minimum Gasteiger partial charge on any atom is -0.497 e. The number of hydrogen-bond acceptors (Lipinski definition) is 3. The molecule has 0 aromatic heterocycles. The number of rotatable bonds is 5. The fourth-order valence-electron chi connectivity index (χ4n) is 3.24. The number of fused-ring (bicyclic) bond motifs is 1. The van der Waals surface area contributed by atoms with Crippen LogP contribution in [0.3, 0.4) is 0 Å². The molecule has 0 amide bonds. The summed E-state index contributed by atoms with van der Waals surface area (Å²) < 4.78 is 11.0. The number of methoxy groups -OCH3 is 1. The first-order valence-corrected chi connectivity index (χ1v) is 9.08. The molecule has 4 nitrogen and oxygen atoms in total. The molecule has 0 saturated heterocycles. The molecule has 25 heavy (non-hydrogen) atoms. The van der Waals surface area contributed by atoms with Crippen LogP contribution in [-0.4, -0.2) is 18.8 Å². The lowest BCUT2D eigenvalue weighted by Crippen LogP contribution is -2.34. The number of hydrogen-bond donors (Lipinski definition) is 2. The van der Waals surface area contributed by atoms with Gasteiger partial charge in [0.05, 0.1) is 25.4 Å². The van der Waals surface area contributed by atoms with Crippen LogP contribution in [0.1, 0.15) is 36.9 Å². The minimum atomic E-state index is 0.217. The van der Waals surface area contributed by atoms with Crippen LogP contribution < -0.4 is 20.1 Å². The van der Waals surface area contributed by atoms with Gasteiger partial charge < -0.3 is 20.1 Å². The highest BCUT2D eigenvalue weighted by Crippen LogP contribution is 2.32. The molecule has 2 aromatic rings. The largest absolute Gasteiger partial charge is 0.497 e. The highest BCUT2D eigenvalue weighted by Gasteiger charge is 2.21. The number of para-hydroxylation sites is 2. The van der Waals surface area contributed by atoms with Crippen molar-refractivity contribution in [2.75, 3.05) is 19.0 Å². The zero-order valence-corrected chi connectivity index (χ0v) is 15.5. The van der Waals surface area contributed by atoms with E-state index in [0.29, 0.717) is 11.7 Å². The zero-order chi connectivity index (χ0) is 17.6. The summed E-state index contributed by atoms with van der Waals surface area (Å²) in [4.78, 5) is 0. The molecule has 2 aromatic carbocycles. The van der Waals surface area contributed by atoms with Crippen molar-refractivity contribution in [3.63, 3.8) is 0 Å². The molecule has 0 bridgehead atoms. The molecule has 132 valence electrons. The van der Waals surface area contributed by atoms with Crippen LogP contribution in [0.2, 0.25) is 0 Å². The lowest BCUT2D eigenvalue weighted by molar-refractivity contribution is 0.342. The third-order valence-corrected chi connectivity index (χ3v) is 4.62. The van der Waals surface area contributed by atoms with Gasteiger partial charge in [0.25, 0.3) is 0 Å². The Bertz CT molecular complexity index is 748. The van der Waals surface area contributed by atoms with Crippen LogP contribution in [0.4, 0.5) is 5.69 Å². The Hall–Kier alpha value is -2.27. The monoisotopic (exact) mass is 356 g/mol. The fraction of sp³-hybridized carbons (Fsp3) is 0.350. The van der Waals surface area contributed by atoms with Gasteiger partial charge in [0.1, 0.15) is 11.5 Å². The van der Waals surface area contributed by atoms with E-state index in [1.165, 1.54) is 11.1 Å². The molecule has 0 fully saturated rings. The van der Waals surface area contributed by atoms with E-state index in [1.54, 1.807) is 7.11 Å². The van der Waals surface area contributed by atoms with Gasteiger partial charge in [0.2, 0.25) is 0 Å². The van der Waals surface area contributed by atoms with Crippen LogP contribution in [0.5, 0.6) is 11.5 Å². The molecule has 0 heterocycles. The topological polar surface area (TPSA) is 42.5 Å². The number of anilines is 1. The first kappa shape index (κ1) is 17.5. The summed E-state index contributed by atoms with van der Waals surface area (Å²) in [5.74, 6) is 1.72. The third-order valence-electron chi connectivity index (χ3n) is 4.40. The van der Waals surface area contributed by atoms with Gasteiger partial charge in [0, 0.05) is 0 Å². The maximum Gasteiger partial charge on any atom is 0.171 e. The first-order chi connectivity index (χ1) is 12.2. The Labute approximate surface area is 154 Å². The summed E-state index contributed by atoms with van der Waals surface area (Å²) in [7, 11) is 1.70. The first-order valence-electron chi connectivity index (χ1n) is 8.67. The predicted octanol–water partition coefficient (Wildman–Crippen LogP) is 4.46. The molecule has 0 radical (unpaired) electrons. The molecule has 1 atom stereocenters. The Morgan fingerprint density at radius 2 is 2.08 bits per heavy atom. The summed E-state index contributed by atoms with van der Waals surface area (Å²) in [6.07, 6.45) is 3.28. The molecule has 1 aliphatic rings. The van der Waals surface area contributed by atoms with E-state index >= 15 is 0 Å². The molecule has 2 N–H and O–H groups in total. The molecule has 0 aliphatic heterocycles. The lowest BCUT2D eigenvalue weighted by atomic mass is 9.87. The van der Waals surface area contributed by atoms with Crippen LogP contribution in [0, 0.1) is 0 Å². The normalized spacial score (nSPS) is 15.8. The molecule has 3 rings (SSSR count). The summed E-state index contributed by atoms with van der Waals surface area (Å²) in [5, 5.41) is 7.33.